The summed E-state index contributed by atoms with van der Waals surface area (Å²) < 4.78 is 6.31. The Morgan fingerprint density at radius 1 is 1.07 bits per heavy atom. The van der Waals surface area contributed by atoms with Crippen molar-refractivity contribution in [3.8, 4) is 0 Å². The molecule has 1 aliphatic rings. The summed E-state index contributed by atoms with van der Waals surface area (Å²) >= 11 is 2.16. The Labute approximate surface area is 187 Å². The van der Waals surface area contributed by atoms with E-state index < -0.39 is 23.9 Å². The quantitative estimate of drug-likeness (QED) is 0.374. The molecule has 2 aromatic carbocycles. The minimum absolute atomic E-state index is 0.0750. The van der Waals surface area contributed by atoms with Gasteiger partial charge in [-0.2, -0.15) is 0 Å². The molecule has 0 spiro atoms. The summed E-state index contributed by atoms with van der Waals surface area (Å²) in [6.07, 6.45) is 1.34. The molecule has 30 heavy (non-hydrogen) atoms. The van der Waals surface area contributed by atoms with E-state index in [4.69, 9.17) is 4.42 Å². The number of carbonyl (C=O) groups excluding carboxylic acids is 3. The molecule has 0 radical (unpaired) electrons. The van der Waals surface area contributed by atoms with E-state index in [1.165, 1.54) is 16.1 Å². The van der Waals surface area contributed by atoms with Gasteiger partial charge in [0.25, 0.3) is 11.8 Å². The average Bonchev–Trinajstić information content (AvgIpc) is 3.39. The Morgan fingerprint density at radius 3 is 2.40 bits per heavy atom. The smallest absolute Gasteiger partial charge is 0.290 e. The van der Waals surface area contributed by atoms with Gasteiger partial charge in [0.2, 0.25) is 5.91 Å². The molecule has 4 rings (SSSR count). The van der Waals surface area contributed by atoms with Gasteiger partial charge in [-0.1, -0.05) is 30.3 Å². The summed E-state index contributed by atoms with van der Waals surface area (Å²) in [4.78, 5) is 42.1. The lowest BCUT2D eigenvalue weighted by Gasteiger charge is -2.33. The fourth-order valence-corrected chi connectivity index (χ4v) is 4.06. The molecule has 2 unspecified atom stereocenters. The van der Waals surface area contributed by atoms with E-state index in [-0.39, 0.29) is 18.1 Å². The van der Waals surface area contributed by atoms with Crippen molar-refractivity contribution in [2.75, 3.05) is 4.90 Å². The molecular weight excluding hydrogens is 495 g/mol. The maximum atomic E-state index is 13.3. The molecule has 2 heterocycles. The number of anilines is 1. The van der Waals surface area contributed by atoms with Crippen LogP contribution in [0.15, 0.2) is 77.4 Å². The molecule has 6 nitrogen and oxygen atoms in total. The lowest BCUT2D eigenvalue weighted by Crippen LogP contribution is -2.46. The molecule has 1 saturated heterocycles. The number of halogens is 1. The molecule has 1 fully saturated rings. The SMILES string of the molecule is CC(c1ccccc1)N(C(=O)c1ccco1)C1CC(=O)N(c2ccc(I)cc2)C1=O. The van der Waals surface area contributed by atoms with Gasteiger partial charge < -0.3 is 9.32 Å². The van der Waals surface area contributed by atoms with Crippen molar-refractivity contribution in [3.63, 3.8) is 0 Å². The van der Waals surface area contributed by atoms with Crippen molar-refractivity contribution in [2.45, 2.75) is 25.4 Å². The fraction of sp³-hybridized carbons (Fsp3) is 0.174. The Bertz CT molecular complexity index is 1060. The Morgan fingerprint density at radius 2 is 1.77 bits per heavy atom. The summed E-state index contributed by atoms with van der Waals surface area (Å²) in [6, 6.07) is 18.4. The van der Waals surface area contributed by atoms with Gasteiger partial charge in [0.15, 0.2) is 5.76 Å². The second-order valence-electron chi connectivity index (χ2n) is 7.04. The third-order valence-electron chi connectivity index (χ3n) is 5.21. The van der Waals surface area contributed by atoms with Crippen molar-refractivity contribution in [1.29, 1.82) is 0 Å². The van der Waals surface area contributed by atoms with Crippen molar-refractivity contribution in [3.05, 3.63) is 87.9 Å². The Kier molecular flexibility index (Phi) is 5.72. The number of rotatable bonds is 5. The summed E-state index contributed by atoms with van der Waals surface area (Å²) in [5, 5.41) is 0. The van der Waals surface area contributed by atoms with E-state index in [9.17, 15) is 14.4 Å². The van der Waals surface area contributed by atoms with Crippen molar-refractivity contribution < 1.29 is 18.8 Å². The zero-order chi connectivity index (χ0) is 21.3. The zero-order valence-electron chi connectivity index (χ0n) is 16.2. The Hall–Kier alpha value is -2.94. The van der Waals surface area contributed by atoms with Crippen molar-refractivity contribution in [2.24, 2.45) is 0 Å². The van der Waals surface area contributed by atoms with Crippen LogP contribution in [0, 0.1) is 3.57 Å². The minimum Gasteiger partial charge on any atom is -0.459 e. The van der Waals surface area contributed by atoms with Gasteiger partial charge in [0.05, 0.1) is 24.4 Å². The highest BCUT2D eigenvalue weighted by Gasteiger charge is 2.46. The molecule has 2 atom stereocenters. The van der Waals surface area contributed by atoms with Crippen LogP contribution < -0.4 is 4.90 Å². The number of hydrogen-bond donors (Lipinski definition) is 0. The molecule has 1 aromatic heterocycles. The van der Waals surface area contributed by atoms with Crippen molar-refractivity contribution >= 4 is 46.0 Å². The number of amides is 3. The van der Waals surface area contributed by atoms with Gasteiger partial charge in [0.1, 0.15) is 6.04 Å². The van der Waals surface area contributed by atoms with Gasteiger partial charge >= 0.3 is 0 Å². The van der Waals surface area contributed by atoms with Crippen LogP contribution in [-0.4, -0.2) is 28.7 Å². The van der Waals surface area contributed by atoms with Crippen LogP contribution in [0.4, 0.5) is 5.69 Å². The first-order chi connectivity index (χ1) is 14.5. The number of hydrogen-bond acceptors (Lipinski definition) is 4. The first-order valence-electron chi connectivity index (χ1n) is 9.51. The molecule has 0 N–H and O–H groups in total. The maximum Gasteiger partial charge on any atom is 0.290 e. The predicted octanol–water partition coefficient (Wildman–Crippen LogP) is 4.42. The van der Waals surface area contributed by atoms with Gasteiger partial charge in [-0.05, 0) is 71.5 Å². The van der Waals surface area contributed by atoms with E-state index in [1.54, 1.807) is 24.3 Å². The molecule has 1 aliphatic heterocycles. The molecule has 3 aromatic rings. The lowest BCUT2D eigenvalue weighted by atomic mass is 10.0. The van der Waals surface area contributed by atoms with Crippen LogP contribution in [0.2, 0.25) is 0 Å². The normalized spacial score (nSPS) is 17.3. The van der Waals surface area contributed by atoms with Gasteiger partial charge in [-0.15, -0.1) is 0 Å². The monoisotopic (exact) mass is 514 g/mol. The van der Waals surface area contributed by atoms with Gasteiger partial charge in [-0.25, -0.2) is 4.90 Å². The third-order valence-corrected chi connectivity index (χ3v) is 5.93. The number of carbonyl (C=O) groups is 3. The summed E-state index contributed by atoms with van der Waals surface area (Å²) in [5.41, 5.74) is 1.37. The molecule has 7 heteroatoms. The summed E-state index contributed by atoms with van der Waals surface area (Å²) in [5.74, 6) is -1.04. The van der Waals surface area contributed by atoms with E-state index in [0.717, 1.165) is 9.13 Å². The van der Waals surface area contributed by atoms with Crippen LogP contribution in [0.5, 0.6) is 0 Å². The maximum absolute atomic E-state index is 13.3. The zero-order valence-corrected chi connectivity index (χ0v) is 18.4. The minimum atomic E-state index is -0.912. The molecule has 0 aliphatic carbocycles. The van der Waals surface area contributed by atoms with Crippen molar-refractivity contribution in [1.82, 2.24) is 4.90 Å². The number of benzene rings is 2. The first kappa shape index (κ1) is 20.3. The highest BCUT2D eigenvalue weighted by atomic mass is 127. The van der Waals surface area contributed by atoms with Crippen LogP contribution in [-0.2, 0) is 9.59 Å². The van der Waals surface area contributed by atoms with Crippen LogP contribution in [0.1, 0.15) is 35.5 Å². The predicted molar refractivity (Wildman–Crippen MR) is 120 cm³/mol. The fourth-order valence-electron chi connectivity index (χ4n) is 3.70. The van der Waals surface area contributed by atoms with Gasteiger partial charge in [-0.3, -0.25) is 14.4 Å². The standard InChI is InChI=1S/C23H19IN2O4/c1-15(16-6-3-2-4-7-16)25(23(29)20-8-5-13-30-20)19-14-21(27)26(22(19)28)18-11-9-17(24)10-12-18/h2-13,15,19H,14H2,1H3. The second-order valence-corrected chi connectivity index (χ2v) is 8.29. The number of furan rings is 1. The molecule has 152 valence electrons. The highest BCUT2D eigenvalue weighted by molar-refractivity contribution is 14.1. The highest BCUT2D eigenvalue weighted by Crippen LogP contribution is 2.32. The van der Waals surface area contributed by atoms with E-state index in [0.29, 0.717) is 5.69 Å². The summed E-state index contributed by atoms with van der Waals surface area (Å²) in [6.45, 7) is 1.85. The molecular formula is C23H19IN2O4. The Balaban J connectivity index is 1.71. The summed E-state index contributed by atoms with van der Waals surface area (Å²) in [7, 11) is 0. The van der Waals surface area contributed by atoms with Crippen LogP contribution in [0.25, 0.3) is 0 Å². The lowest BCUT2D eigenvalue weighted by molar-refractivity contribution is -0.123. The molecule has 3 amide bonds. The molecule has 0 bridgehead atoms. The van der Waals surface area contributed by atoms with Crippen LogP contribution in [0.3, 0.4) is 0 Å². The molecule has 0 saturated carbocycles. The van der Waals surface area contributed by atoms with E-state index >= 15 is 0 Å². The van der Waals surface area contributed by atoms with Crippen LogP contribution >= 0.6 is 22.6 Å². The van der Waals surface area contributed by atoms with E-state index in [2.05, 4.69) is 22.6 Å². The van der Waals surface area contributed by atoms with E-state index in [1.807, 2.05) is 49.4 Å². The number of nitrogens with zero attached hydrogens (tertiary/aromatic N) is 2. The average molecular weight is 514 g/mol. The topological polar surface area (TPSA) is 70.8 Å². The largest absolute Gasteiger partial charge is 0.459 e. The second kappa shape index (κ2) is 8.43. The third kappa shape index (κ3) is 3.77. The first-order valence-corrected chi connectivity index (χ1v) is 10.6. The number of imide groups is 1. The van der Waals surface area contributed by atoms with Gasteiger partial charge in [0, 0.05) is 3.57 Å².